The van der Waals surface area contributed by atoms with Crippen molar-refractivity contribution in [3.05, 3.63) is 32.3 Å². The Morgan fingerprint density at radius 1 is 1.43 bits per heavy atom. The van der Waals surface area contributed by atoms with Crippen molar-refractivity contribution in [2.24, 2.45) is 5.73 Å². The van der Waals surface area contributed by atoms with Gasteiger partial charge >= 0.3 is 5.97 Å². The van der Waals surface area contributed by atoms with Crippen LogP contribution in [0.3, 0.4) is 0 Å². The topological polar surface area (TPSA) is 105 Å². The summed E-state index contributed by atoms with van der Waals surface area (Å²) in [5.74, 6) is -0.415. The van der Waals surface area contributed by atoms with E-state index in [1.165, 1.54) is 0 Å². The fraction of sp³-hybridized carbons (Fsp3) is 0.417. The van der Waals surface area contributed by atoms with Crippen LogP contribution in [0.5, 0.6) is 5.75 Å². The molecule has 2 N–H and O–H groups in total. The molecule has 9 heteroatoms. The van der Waals surface area contributed by atoms with E-state index >= 15 is 0 Å². The van der Waals surface area contributed by atoms with Gasteiger partial charge in [0.15, 0.2) is 5.75 Å². The van der Waals surface area contributed by atoms with Gasteiger partial charge in [0.1, 0.15) is 6.04 Å². The van der Waals surface area contributed by atoms with E-state index in [0.717, 1.165) is 12.1 Å². The number of ether oxygens (including phenoxy) is 2. The SMILES string of the molecule is CCOC(=O)C(N)CCOc1c(Cl)cc([N+](=O)[O-])cc1Cl. The van der Waals surface area contributed by atoms with Crippen LogP contribution in [0.15, 0.2) is 12.1 Å². The number of carbonyl (C=O) groups excluding carboxylic acids is 1. The summed E-state index contributed by atoms with van der Waals surface area (Å²) in [6.45, 7) is 1.99. The first-order valence-corrected chi connectivity index (χ1v) is 6.80. The van der Waals surface area contributed by atoms with E-state index in [4.69, 9.17) is 38.4 Å². The van der Waals surface area contributed by atoms with Crippen molar-refractivity contribution >= 4 is 34.9 Å². The molecule has 0 bridgehead atoms. The van der Waals surface area contributed by atoms with E-state index in [9.17, 15) is 14.9 Å². The lowest BCUT2D eigenvalue weighted by Gasteiger charge is -2.13. The van der Waals surface area contributed by atoms with Crippen LogP contribution in [0.4, 0.5) is 5.69 Å². The van der Waals surface area contributed by atoms with Crippen LogP contribution < -0.4 is 10.5 Å². The molecule has 21 heavy (non-hydrogen) atoms. The van der Waals surface area contributed by atoms with Gasteiger partial charge in [-0.25, -0.2) is 0 Å². The zero-order valence-electron chi connectivity index (χ0n) is 11.2. The number of benzene rings is 1. The monoisotopic (exact) mass is 336 g/mol. The standard InChI is InChI=1S/C12H14Cl2N2O5/c1-2-20-12(17)10(15)3-4-21-11-8(13)5-7(16(18)19)6-9(11)14/h5-6,10H,2-4,15H2,1H3. The molecule has 0 aliphatic rings. The Balaban J connectivity index is 2.64. The van der Waals surface area contributed by atoms with Crippen molar-refractivity contribution in [1.29, 1.82) is 0 Å². The van der Waals surface area contributed by atoms with Gasteiger partial charge in [-0.05, 0) is 6.92 Å². The number of hydrogen-bond donors (Lipinski definition) is 1. The fourth-order valence-electron chi connectivity index (χ4n) is 1.44. The molecule has 0 aromatic heterocycles. The van der Waals surface area contributed by atoms with Gasteiger partial charge in [0.05, 0.1) is 28.2 Å². The van der Waals surface area contributed by atoms with Gasteiger partial charge in [-0.1, -0.05) is 23.2 Å². The highest BCUT2D eigenvalue weighted by Gasteiger charge is 2.18. The van der Waals surface area contributed by atoms with Gasteiger partial charge in [0.25, 0.3) is 5.69 Å². The molecule has 1 atom stereocenters. The second-order valence-electron chi connectivity index (χ2n) is 3.99. The summed E-state index contributed by atoms with van der Waals surface area (Å²) in [5.41, 5.74) is 5.36. The third kappa shape index (κ3) is 5.04. The molecule has 0 saturated carbocycles. The van der Waals surface area contributed by atoms with Crippen LogP contribution in [0, 0.1) is 10.1 Å². The van der Waals surface area contributed by atoms with Gasteiger partial charge in [-0.2, -0.15) is 0 Å². The summed E-state index contributed by atoms with van der Waals surface area (Å²) in [6.07, 6.45) is 0.197. The number of carbonyl (C=O) groups is 1. The molecule has 0 spiro atoms. The van der Waals surface area contributed by atoms with E-state index in [-0.39, 0.29) is 41.1 Å². The van der Waals surface area contributed by atoms with Crippen molar-refractivity contribution in [2.45, 2.75) is 19.4 Å². The molecule has 0 heterocycles. The summed E-state index contributed by atoms with van der Waals surface area (Å²) in [6, 6.07) is 1.45. The van der Waals surface area contributed by atoms with Crippen molar-refractivity contribution in [1.82, 2.24) is 0 Å². The summed E-state index contributed by atoms with van der Waals surface area (Å²) < 4.78 is 10.1. The number of non-ortho nitro benzene ring substituents is 1. The summed E-state index contributed by atoms with van der Waals surface area (Å²) >= 11 is 11.7. The Morgan fingerprint density at radius 2 is 2.00 bits per heavy atom. The lowest BCUT2D eigenvalue weighted by Crippen LogP contribution is -2.33. The third-order valence-corrected chi connectivity index (χ3v) is 3.02. The molecule has 0 aliphatic carbocycles. The molecule has 1 unspecified atom stereocenters. The van der Waals surface area contributed by atoms with Crippen LogP contribution in [-0.2, 0) is 9.53 Å². The Labute approximate surface area is 131 Å². The Morgan fingerprint density at radius 3 is 2.48 bits per heavy atom. The third-order valence-electron chi connectivity index (χ3n) is 2.46. The van der Waals surface area contributed by atoms with E-state index in [1.54, 1.807) is 6.92 Å². The van der Waals surface area contributed by atoms with Gasteiger partial charge in [-0.15, -0.1) is 0 Å². The molecule has 0 aliphatic heterocycles. The number of nitro groups is 1. The molecule has 116 valence electrons. The predicted octanol–water partition coefficient (Wildman–Crippen LogP) is 2.56. The van der Waals surface area contributed by atoms with E-state index in [1.807, 2.05) is 0 Å². The number of hydrogen-bond acceptors (Lipinski definition) is 6. The first-order chi connectivity index (χ1) is 9.86. The van der Waals surface area contributed by atoms with Gasteiger partial charge in [0.2, 0.25) is 0 Å². The molecule has 0 radical (unpaired) electrons. The van der Waals surface area contributed by atoms with Crippen molar-refractivity contribution < 1.29 is 19.2 Å². The summed E-state index contributed by atoms with van der Waals surface area (Å²) in [5, 5.41) is 10.7. The maximum absolute atomic E-state index is 11.3. The molecule has 0 saturated heterocycles. The lowest BCUT2D eigenvalue weighted by atomic mass is 10.2. The average Bonchev–Trinajstić information content (AvgIpc) is 2.41. The summed E-state index contributed by atoms with van der Waals surface area (Å²) in [4.78, 5) is 21.3. The number of nitro benzene ring substituents is 1. The minimum Gasteiger partial charge on any atom is -0.490 e. The van der Waals surface area contributed by atoms with Crippen LogP contribution in [0.2, 0.25) is 10.0 Å². The second kappa shape index (κ2) is 8.02. The molecule has 0 amide bonds. The van der Waals surface area contributed by atoms with Crippen molar-refractivity contribution in [3.8, 4) is 5.75 Å². The molecule has 1 aromatic rings. The van der Waals surface area contributed by atoms with Gasteiger partial charge < -0.3 is 15.2 Å². The van der Waals surface area contributed by atoms with Crippen LogP contribution >= 0.6 is 23.2 Å². The Hall–Kier alpha value is -1.57. The Kier molecular flexibility index (Phi) is 6.67. The summed E-state index contributed by atoms with van der Waals surface area (Å²) in [7, 11) is 0. The molecule has 1 rings (SSSR count). The molecular weight excluding hydrogens is 323 g/mol. The number of halogens is 2. The number of esters is 1. The first kappa shape index (κ1) is 17.5. The average molecular weight is 337 g/mol. The zero-order chi connectivity index (χ0) is 16.0. The molecule has 1 aromatic carbocycles. The van der Waals surface area contributed by atoms with Crippen LogP contribution in [-0.4, -0.2) is 30.1 Å². The van der Waals surface area contributed by atoms with Crippen molar-refractivity contribution in [2.75, 3.05) is 13.2 Å². The highest BCUT2D eigenvalue weighted by atomic mass is 35.5. The fourth-order valence-corrected chi connectivity index (χ4v) is 2.03. The number of nitrogens with zero attached hydrogens (tertiary/aromatic N) is 1. The maximum atomic E-state index is 11.3. The second-order valence-corrected chi connectivity index (χ2v) is 4.81. The quantitative estimate of drug-likeness (QED) is 0.466. The highest BCUT2D eigenvalue weighted by molar-refractivity contribution is 6.37. The number of rotatable bonds is 7. The van der Waals surface area contributed by atoms with E-state index in [2.05, 4.69) is 0 Å². The van der Waals surface area contributed by atoms with Gasteiger partial charge in [-0.3, -0.25) is 14.9 Å². The molecular formula is C12H14Cl2N2O5. The number of nitrogens with two attached hydrogens (primary N) is 1. The molecule has 0 fully saturated rings. The largest absolute Gasteiger partial charge is 0.490 e. The smallest absolute Gasteiger partial charge is 0.323 e. The van der Waals surface area contributed by atoms with Crippen LogP contribution in [0.25, 0.3) is 0 Å². The zero-order valence-corrected chi connectivity index (χ0v) is 12.7. The van der Waals surface area contributed by atoms with Crippen LogP contribution in [0.1, 0.15) is 13.3 Å². The normalized spacial score (nSPS) is 11.8. The lowest BCUT2D eigenvalue weighted by molar-refractivity contribution is -0.384. The van der Waals surface area contributed by atoms with Gasteiger partial charge in [0, 0.05) is 18.6 Å². The maximum Gasteiger partial charge on any atom is 0.323 e. The van der Waals surface area contributed by atoms with Crippen molar-refractivity contribution in [3.63, 3.8) is 0 Å². The van der Waals surface area contributed by atoms with E-state index < -0.39 is 16.9 Å². The minimum atomic E-state index is -0.819. The molecule has 7 nitrogen and oxygen atoms in total. The highest BCUT2D eigenvalue weighted by Crippen LogP contribution is 2.36. The predicted molar refractivity (Wildman–Crippen MR) is 77.8 cm³/mol. The Bertz CT molecular complexity index is 515. The van der Waals surface area contributed by atoms with E-state index in [0.29, 0.717) is 0 Å². The minimum absolute atomic E-state index is 0.0129. The first-order valence-electron chi connectivity index (χ1n) is 6.05.